The highest BCUT2D eigenvalue weighted by atomic mass is 32.2. The minimum atomic E-state index is -3.34. The van der Waals surface area contributed by atoms with Crippen molar-refractivity contribution in [2.24, 2.45) is 17.1 Å². The molecule has 3 atom stereocenters. The monoisotopic (exact) mass is 275 g/mol. The summed E-state index contributed by atoms with van der Waals surface area (Å²) in [5.41, 5.74) is 5.77. The van der Waals surface area contributed by atoms with Crippen molar-refractivity contribution < 1.29 is 8.42 Å². The molecular formula is C12H25N3O2S. The summed E-state index contributed by atoms with van der Waals surface area (Å²) in [6.45, 7) is 7.42. The van der Waals surface area contributed by atoms with Gasteiger partial charge in [0.25, 0.3) is 10.2 Å². The van der Waals surface area contributed by atoms with Crippen molar-refractivity contribution >= 4 is 10.2 Å². The Kier molecular flexibility index (Phi) is 3.75. The molecule has 106 valence electrons. The van der Waals surface area contributed by atoms with Crippen LogP contribution in [0.2, 0.25) is 0 Å². The van der Waals surface area contributed by atoms with Crippen molar-refractivity contribution in [3.8, 4) is 0 Å². The summed E-state index contributed by atoms with van der Waals surface area (Å²) in [7, 11) is -3.34. The number of hydrogen-bond donors (Lipinski definition) is 2. The van der Waals surface area contributed by atoms with Crippen molar-refractivity contribution in [3.05, 3.63) is 0 Å². The van der Waals surface area contributed by atoms with E-state index >= 15 is 0 Å². The maximum atomic E-state index is 12.3. The first kappa shape index (κ1) is 14.2. The molecule has 0 aromatic heterocycles. The van der Waals surface area contributed by atoms with E-state index in [1.54, 1.807) is 4.31 Å². The zero-order valence-corrected chi connectivity index (χ0v) is 12.3. The van der Waals surface area contributed by atoms with Gasteiger partial charge in [0, 0.05) is 25.2 Å². The zero-order valence-electron chi connectivity index (χ0n) is 11.5. The lowest BCUT2D eigenvalue weighted by Crippen LogP contribution is -2.66. The van der Waals surface area contributed by atoms with Crippen LogP contribution in [0.3, 0.4) is 0 Å². The molecule has 0 radical (unpaired) electrons. The van der Waals surface area contributed by atoms with Gasteiger partial charge in [0.05, 0.1) is 0 Å². The van der Waals surface area contributed by atoms with Crippen LogP contribution in [0, 0.1) is 11.3 Å². The van der Waals surface area contributed by atoms with E-state index in [0.717, 1.165) is 19.3 Å². The van der Waals surface area contributed by atoms with E-state index < -0.39 is 10.2 Å². The van der Waals surface area contributed by atoms with Crippen LogP contribution < -0.4 is 10.5 Å². The Morgan fingerprint density at radius 2 is 2.06 bits per heavy atom. The van der Waals surface area contributed by atoms with Gasteiger partial charge in [0.2, 0.25) is 0 Å². The molecule has 2 fully saturated rings. The van der Waals surface area contributed by atoms with Crippen LogP contribution in [0.1, 0.15) is 40.0 Å². The average molecular weight is 275 g/mol. The van der Waals surface area contributed by atoms with Gasteiger partial charge < -0.3 is 5.73 Å². The van der Waals surface area contributed by atoms with E-state index in [1.807, 2.05) is 13.8 Å². The summed E-state index contributed by atoms with van der Waals surface area (Å²) in [5.74, 6) is 0.451. The third kappa shape index (κ3) is 2.57. The van der Waals surface area contributed by atoms with Crippen molar-refractivity contribution in [2.75, 3.05) is 13.1 Å². The van der Waals surface area contributed by atoms with E-state index in [0.29, 0.717) is 19.0 Å². The topological polar surface area (TPSA) is 75.4 Å². The van der Waals surface area contributed by atoms with Crippen LogP contribution >= 0.6 is 0 Å². The average Bonchev–Trinajstić information content (AvgIpc) is 2.28. The molecule has 5 nitrogen and oxygen atoms in total. The molecule has 0 bridgehead atoms. The van der Waals surface area contributed by atoms with Gasteiger partial charge in [-0.2, -0.15) is 17.4 Å². The lowest BCUT2D eigenvalue weighted by Gasteiger charge is -2.50. The normalized spacial score (nSPS) is 37.2. The second-order valence-electron chi connectivity index (χ2n) is 6.44. The van der Waals surface area contributed by atoms with E-state index in [4.69, 9.17) is 5.73 Å². The number of rotatable bonds is 3. The zero-order chi connectivity index (χ0) is 13.6. The highest BCUT2D eigenvalue weighted by Gasteiger charge is 2.48. The number of piperidine rings is 1. The first-order valence-corrected chi connectivity index (χ1v) is 8.20. The fourth-order valence-corrected chi connectivity index (χ4v) is 4.51. The van der Waals surface area contributed by atoms with Gasteiger partial charge in [0.1, 0.15) is 0 Å². The molecule has 18 heavy (non-hydrogen) atoms. The van der Waals surface area contributed by atoms with E-state index in [1.165, 1.54) is 0 Å². The van der Waals surface area contributed by atoms with Crippen LogP contribution in [0.25, 0.3) is 0 Å². The van der Waals surface area contributed by atoms with Gasteiger partial charge in [-0.3, -0.25) is 0 Å². The van der Waals surface area contributed by atoms with Crippen LogP contribution in [0.15, 0.2) is 0 Å². The van der Waals surface area contributed by atoms with Crippen molar-refractivity contribution in [1.82, 2.24) is 9.03 Å². The molecule has 1 heterocycles. The van der Waals surface area contributed by atoms with Crippen molar-refractivity contribution in [1.29, 1.82) is 0 Å². The molecular weight excluding hydrogens is 250 g/mol. The van der Waals surface area contributed by atoms with Crippen LogP contribution in [0.5, 0.6) is 0 Å². The summed E-state index contributed by atoms with van der Waals surface area (Å²) in [6, 6.07) is 0.0558. The molecule has 2 rings (SSSR count). The summed E-state index contributed by atoms with van der Waals surface area (Å²) in [5, 5.41) is 0. The lowest BCUT2D eigenvalue weighted by atomic mass is 9.64. The fraction of sp³-hybridized carbons (Fsp3) is 1.00. The quantitative estimate of drug-likeness (QED) is 0.795. The molecule has 3 unspecified atom stereocenters. The molecule has 0 amide bonds. The van der Waals surface area contributed by atoms with Gasteiger partial charge in [-0.05, 0) is 30.6 Å². The van der Waals surface area contributed by atoms with Crippen LogP contribution in [0.4, 0.5) is 0 Å². The summed E-state index contributed by atoms with van der Waals surface area (Å²) in [6.07, 6.45) is 2.80. The number of nitrogens with two attached hydrogens (primary N) is 1. The summed E-state index contributed by atoms with van der Waals surface area (Å²) >= 11 is 0. The molecule has 1 saturated carbocycles. The predicted octanol–water partition coefficient (Wildman–Crippen LogP) is 0.679. The van der Waals surface area contributed by atoms with Gasteiger partial charge in [-0.25, -0.2) is 0 Å². The fourth-order valence-electron chi connectivity index (χ4n) is 2.78. The summed E-state index contributed by atoms with van der Waals surface area (Å²) in [4.78, 5) is 0. The van der Waals surface area contributed by atoms with E-state index in [2.05, 4.69) is 11.6 Å². The van der Waals surface area contributed by atoms with Gasteiger partial charge >= 0.3 is 0 Å². The SMILES string of the molecule is CC1CCCN(S(=O)(=O)NC2CC(N)C2(C)C)C1. The van der Waals surface area contributed by atoms with Crippen LogP contribution in [-0.2, 0) is 10.2 Å². The van der Waals surface area contributed by atoms with Gasteiger partial charge in [-0.1, -0.05) is 20.8 Å². The van der Waals surface area contributed by atoms with Crippen LogP contribution in [-0.4, -0.2) is 37.9 Å². The lowest BCUT2D eigenvalue weighted by molar-refractivity contribution is 0.0882. The van der Waals surface area contributed by atoms with Gasteiger partial charge in [-0.15, -0.1) is 0 Å². The van der Waals surface area contributed by atoms with Gasteiger partial charge in [0.15, 0.2) is 0 Å². The third-order valence-electron chi connectivity index (χ3n) is 4.59. The Bertz CT molecular complexity index is 408. The molecule has 0 aromatic carbocycles. The molecule has 1 saturated heterocycles. The Hall–Kier alpha value is -0.170. The minimum Gasteiger partial charge on any atom is -0.327 e. The van der Waals surface area contributed by atoms with E-state index in [-0.39, 0.29) is 17.5 Å². The molecule has 2 aliphatic rings. The third-order valence-corrected chi connectivity index (χ3v) is 6.19. The molecule has 6 heteroatoms. The molecule has 1 aliphatic heterocycles. The van der Waals surface area contributed by atoms with Crippen molar-refractivity contribution in [3.63, 3.8) is 0 Å². The number of nitrogens with zero attached hydrogens (tertiary/aromatic N) is 1. The number of hydrogen-bond acceptors (Lipinski definition) is 3. The predicted molar refractivity (Wildman–Crippen MR) is 72.2 cm³/mol. The Morgan fingerprint density at radius 3 is 2.56 bits per heavy atom. The Balaban J connectivity index is 2.00. The first-order chi connectivity index (χ1) is 8.23. The maximum absolute atomic E-state index is 12.3. The summed E-state index contributed by atoms with van der Waals surface area (Å²) < 4.78 is 29.0. The first-order valence-electron chi connectivity index (χ1n) is 6.76. The standard InChI is InChI=1S/C12H25N3O2S/c1-9-5-4-6-15(8-9)18(16,17)14-11-7-10(13)12(11,2)3/h9-11,14H,4-8,13H2,1-3H3. The largest absolute Gasteiger partial charge is 0.327 e. The minimum absolute atomic E-state index is 0.0327. The Morgan fingerprint density at radius 1 is 1.39 bits per heavy atom. The number of nitrogens with one attached hydrogen (secondary N) is 1. The molecule has 3 N–H and O–H groups in total. The molecule has 1 aliphatic carbocycles. The second-order valence-corrected chi connectivity index (χ2v) is 8.15. The smallest absolute Gasteiger partial charge is 0.279 e. The second kappa shape index (κ2) is 4.74. The van der Waals surface area contributed by atoms with Crippen molar-refractivity contribution in [2.45, 2.75) is 52.1 Å². The molecule has 0 spiro atoms. The van der Waals surface area contributed by atoms with E-state index in [9.17, 15) is 8.42 Å². The highest BCUT2D eigenvalue weighted by molar-refractivity contribution is 7.87. The highest BCUT2D eigenvalue weighted by Crippen LogP contribution is 2.39. The molecule has 0 aromatic rings. The maximum Gasteiger partial charge on any atom is 0.279 e. The Labute approximate surface area is 110 Å².